The van der Waals surface area contributed by atoms with Crippen LogP contribution in [0, 0.1) is 10.8 Å². The predicted molar refractivity (Wildman–Crippen MR) is 535 cm³/mol. The molecule has 15 aliphatic heterocycles. The number of para-hydroxylation sites is 3. The number of thiazole rings is 1. The summed E-state index contributed by atoms with van der Waals surface area (Å²) in [5.74, 6) is 28.6. The Morgan fingerprint density at radius 3 is 0.977 bits per heavy atom. The Labute approximate surface area is 759 Å². The maximum absolute atomic E-state index is 8.59. The van der Waals surface area contributed by atoms with E-state index < -0.39 is 6.85 Å². The summed E-state index contributed by atoms with van der Waals surface area (Å²) in [5.41, 5.74) is 13.2. The van der Waals surface area contributed by atoms with Gasteiger partial charge in [-0.25, -0.2) is 19.9 Å². The van der Waals surface area contributed by atoms with Crippen molar-refractivity contribution in [3.63, 3.8) is 0 Å². The second-order valence-corrected chi connectivity index (χ2v) is 37.3. The molecule has 0 bridgehead atoms. The molecular weight excluding hydrogens is 1600 g/mol. The van der Waals surface area contributed by atoms with E-state index in [-0.39, 0.29) is 100 Å². The van der Waals surface area contributed by atoms with Crippen molar-refractivity contribution in [1.29, 1.82) is 0 Å². The van der Waals surface area contributed by atoms with Gasteiger partial charge in [-0.3, -0.25) is 13.2 Å². The van der Waals surface area contributed by atoms with Crippen molar-refractivity contribution in [1.82, 2.24) is 99.8 Å². The van der Waals surface area contributed by atoms with Crippen LogP contribution in [0.2, 0.25) is 0 Å². The number of rotatable bonds is 3. The van der Waals surface area contributed by atoms with Crippen molar-refractivity contribution in [2.24, 2.45) is 10.8 Å². The lowest BCUT2D eigenvalue weighted by atomic mass is 9.41. The van der Waals surface area contributed by atoms with Crippen molar-refractivity contribution in [3.8, 4) is 0 Å². The molecule has 3 saturated heterocycles. The van der Waals surface area contributed by atoms with Crippen LogP contribution in [0.3, 0.4) is 0 Å². The first-order valence-electron chi connectivity index (χ1n) is 45.6. The molecule has 0 N–H and O–H groups in total. The fraction of sp³-hybridized carbons (Fsp3) is 0.0968. The summed E-state index contributed by atoms with van der Waals surface area (Å²) in [5, 5.41) is 3.43. The molecule has 36 heteroatoms. The second-order valence-electron chi connectivity index (χ2n) is 36.3. The summed E-state index contributed by atoms with van der Waals surface area (Å²) < 4.78 is 73.2. The molecule has 0 aliphatic carbocycles. The Balaban J connectivity index is 0.000000106. The van der Waals surface area contributed by atoms with E-state index in [0.29, 0.717) is 34.4 Å². The lowest BCUT2D eigenvalue weighted by Gasteiger charge is -2.54. The fourth-order valence-corrected chi connectivity index (χ4v) is 21.9. The van der Waals surface area contributed by atoms with E-state index in [1.807, 2.05) is 89.5 Å². The van der Waals surface area contributed by atoms with E-state index in [2.05, 4.69) is 375 Å². The van der Waals surface area contributed by atoms with E-state index in [1.54, 1.807) is 23.7 Å². The Hall–Kier alpha value is -14.5. The van der Waals surface area contributed by atoms with Gasteiger partial charge in [0.1, 0.15) is 26.2 Å². The standard InChI is InChI=1S/C32H29B4N7O.C32H29B4N7S.C29H23B4N7O/c2*1-32(2,3)26-23-42-35-16-8-10-18-40(35)33-14-6-9-17-39(33)34-15-7-11-19-41(34)36(42)21-25(26)30-37-22-28-31(38-30)44-29-20-24-12-4-5-13-27(24)43(28)29;1-22-21-39-32-14-6-8-16-37(32)30-12-4-7-15-36(30)31-13-5-9-17-38(31)33(39)19-24(22)28-34-20-26-29(35-28)41-27-18-23-10-2-3-11-25(23)40(26)27/h2*4-23H,1-3H3;2-21H,1H3/i;;1D3. The summed E-state index contributed by atoms with van der Waals surface area (Å²) in [6.07, 6.45) is 69.6. The van der Waals surface area contributed by atoms with Crippen LogP contribution in [-0.2, 0) is 0 Å². The smallest absolute Gasteiger partial charge is 0.381 e. The number of nitrogens with zero attached hydrogens (tertiary/aromatic N) is 21. The van der Waals surface area contributed by atoms with Gasteiger partial charge in [0, 0.05) is 49.1 Å². The van der Waals surface area contributed by atoms with E-state index in [1.165, 1.54) is 26.9 Å². The van der Waals surface area contributed by atoms with Crippen molar-refractivity contribution in [2.45, 2.75) is 48.4 Å². The Kier molecular flexibility index (Phi) is 17.0. The molecule has 0 atom stereocenters. The highest BCUT2D eigenvalue weighted by Gasteiger charge is 2.55. The monoisotopic (exact) mass is 1690 g/mol. The van der Waals surface area contributed by atoms with E-state index in [9.17, 15) is 0 Å². The van der Waals surface area contributed by atoms with Crippen LogP contribution >= 0.6 is 11.3 Å². The molecule has 0 amide bonds. The Morgan fingerprint density at radius 1 is 0.310 bits per heavy atom. The summed E-state index contributed by atoms with van der Waals surface area (Å²) in [6, 6.07) is 31.1. The van der Waals surface area contributed by atoms with Gasteiger partial charge in [0.25, 0.3) is 0 Å². The van der Waals surface area contributed by atoms with Gasteiger partial charge in [-0.05, 0) is 188 Å². The average molecular weight is 1690 g/mol. The number of allylic oxidation sites excluding steroid dienone is 24. The molecule has 24 heterocycles. The van der Waals surface area contributed by atoms with Crippen LogP contribution in [-0.4, -0.2) is 184 Å². The first-order chi connectivity index (χ1) is 64.4. The number of fused-ring (bicyclic) bond motifs is 39. The molecule has 0 radical (unpaired) electrons. The third kappa shape index (κ3) is 12.5. The maximum atomic E-state index is 8.59. The number of hydrogen-bond acceptors (Lipinski definition) is 21. The van der Waals surface area contributed by atoms with Gasteiger partial charge in [0.15, 0.2) is 17.5 Å². The van der Waals surface area contributed by atoms with Crippen molar-refractivity contribution < 1.29 is 12.9 Å². The lowest BCUT2D eigenvalue weighted by Crippen LogP contribution is -2.73. The average Bonchev–Trinajstić information content (AvgIpc) is 0.766. The zero-order chi connectivity index (χ0) is 88.7. The molecule has 23 nitrogen and oxygen atoms in total. The maximum Gasteiger partial charge on any atom is 0.381 e. The summed E-state index contributed by atoms with van der Waals surface area (Å²) >= 11 is 1.73. The van der Waals surface area contributed by atoms with Crippen LogP contribution in [0.15, 0.2) is 391 Å². The summed E-state index contributed by atoms with van der Waals surface area (Å²) in [6.45, 7) is 10.5. The third-order valence-electron chi connectivity index (χ3n) is 26.8. The molecule has 612 valence electrons. The van der Waals surface area contributed by atoms with Crippen LogP contribution in [0.5, 0.6) is 0 Å². The van der Waals surface area contributed by atoms with E-state index in [4.69, 9.17) is 42.9 Å². The summed E-state index contributed by atoms with van der Waals surface area (Å²) in [4.78, 5) is 32.1. The zero-order valence-corrected chi connectivity index (χ0v) is 72.5. The minimum Gasteiger partial charge on any atom is -0.423 e. The Morgan fingerprint density at radius 2 is 0.612 bits per heavy atom. The number of benzene rings is 3. The molecule has 0 saturated carbocycles. The minimum atomic E-state index is -2.42. The topological polar surface area (TPSA) is 156 Å². The van der Waals surface area contributed by atoms with Crippen molar-refractivity contribution in [3.05, 3.63) is 399 Å². The van der Waals surface area contributed by atoms with Crippen molar-refractivity contribution in [2.75, 3.05) is 0 Å². The highest BCUT2D eigenvalue weighted by molar-refractivity contribution is 7.23. The van der Waals surface area contributed by atoms with Crippen LogP contribution < -0.4 is 0 Å². The highest BCUT2D eigenvalue weighted by atomic mass is 32.1. The molecule has 3 aromatic carbocycles. The Bertz CT molecular complexity index is 7020. The van der Waals surface area contributed by atoms with Crippen LogP contribution in [0.25, 0.3) is 98.5 Å². The predicted octanol–water partition coefficient (Wildman–Crippen LogP) is 16.1. The third-order valence-corrected chi connectivity index (χ3v) is 27.8. The largest absolute Gasteiger partial charge is 0.423 e. The number of oxazole rings is 2. The normalized spacial score (nSPS) is 19.5. The van der Waals surface area contributed by atoms with Crippen molar-refractivity contribution >= 4 is 194 Å². The van der Waals surface area contributed by atoms with Crippen LogP contribution in [0.4, 0.5) is 0 Å². The molecule has 9 aromatic heterocycles. The molecule has 15 aliphatic rings. The number of hydrogen-bond donors (Lipinski definition) is 0. The highest BCUT2D eigenvalue weighted by Crippen LogP contribution is 2.46. The molecule has 3 fully saturated rings. The quantitative estimate of drug-likeness (QED) is 0.154. The SMILES string of the molecule is CC(C)(C)C1=CN2B3C=CC=CN3B3C=CC=CN3B3C=CC=CN3B2C=C1c1ncc2c(n1)oc1cc3ccccc3n12.CC(C)(C)C1=CN2B3C=CC=CN3B3C=CC=CN3B3C=CC=CN3B2C=C1c1ncc2c(n1)sc1cc3ccccc3n12.[2H]C([2H])([2H])C1=CN2B3C=CC=CN3B3C=CC=CN3B3C=CC=CN3B2C=C1c1ncc2c(n1)oc1cc3ccccc3n12. The van der Waals surface area contributed by atoms with Gasteiger partial charge >= 0.3 is 83.8 Å². The van der Waals surface area contributed by atoms with Gasteiger partial charge < -0.3 is 65.5 Å². The molecule has 0 unspecified atom stereocenters. The van der Waals surface area contributed by atoms with Gasteiger partial charge in [-0.1, -0.05) is 234 Å². The molecule has 0 spiro atoms. The van der Waals surface area contributed by atoms with Gasteiger partial charge in [-0.15, -0.1) is 0 Å². The van der Waals surface area contributed by atoms with Crippen LogP contribution in [0.1, 0.15) is 70.0 Å². The first kappa shape index (κ1) is 73.7. The van der Waals surface area contributed by atoms with E-state index in [0.717, 1.165) is 65.9 Å². The molecular formula is C93H81B12N21O2S. The first-order valence-corrected chi connectivity index (χ1v) is 44.9. The van der Waals surface area contributed by atoms with E-state index >= 15 is 0 Å². The van der Waals surface area contributed by atoms with Gasteiger partial charge in [0.05, 0.1) is 35.1 Å². The summed E-state index contributed by atoms with van der Waals surface area (Å²) in [7, 11) is 0. The minimum absolute atomic E-state index is 0.00695. The molecule has 27 rings (SSSR count). The molecule has 12 aromatic rings. The zero-order valence-electron chi connectivity index (χ0n) is 74.7. The number of aromatic nitrogens is 9. The lowest BCUT2D eigenvalue weighted by molar-refractivity contribution is 0.507. The molecule has 129 heavy (non-hydrogen) atoms. The fourth-order valence-electron chi connectivity index (χ4n) is 20.9. The van der Waals surface area contributed by atoms with Gasteiger partial charge in [-0.2, -0.15) is 9.97 Å². The van der Waals surface area contributed by atoms with Gasteiger partial charge in [0.2, 0.25) is 22.9 Å². The second kappa shape index (κ2) is 29.8.